The van der Waals surface area contributed by atoms with Crippen molar-refractivity contribution in [1.82, 2.24) is 19.9 Å². The molecule has 0 aromatic carbocycles. The van der Waals surface area contributed by atoms with E-state index in [1.807, 2.05) is 25.3 Å². The number of nitrogens with zero attached hydrogens (tertiary/aromatic N) is 4. The van der Waals surface area contributed by atoms with E-state index in [2.05, 4.69) is 39.0 Å². The normalized spacial score (nSPS) is 17.6. The minimum atomic E-state index is 0.456. The van der Waals surface area contributed by atoms with E-state index in [-0.39, 0.29) is 0 Å². The van der Waals surface area contributed by atoms with Gasteiger partial charge in [0, 0.05) is 54.9 Å². The van der Waals surface area contributed by atoms with Gasteiger partial charge in [0.25, 0.3) is 0 Å². The van der Waals surface area contributed by atoms with Gasteiger partial charge >= 0.3 is 0 Å². The second kappa shape index (κ2) is 9.17. The van der Waals surface area contributed by atoms with Crippen LogP contribution in [0.5, 0.6) is 11.8 Å². The molecule has 3 aromatic rings. The molecule has 30 heavy (non-hydrogen) atoms. The number of methoxy groups -OCH3 is 1. The van der Waals surface area contributed by atoms with E-state index in [1.54, 1.807) is 19.5 Å². The highest BCUT2D eigenvalue weighted by molar-refractivity contribution is 5.67. The van der Waals surface area contributed by atoms with Crippen LogP contribution >= 0.6 is 0 Å². The predicted molar refractivity (Wildman–Crippen MR) is 113 cm³/mol. The highest BCUT2D eigenvalue weighted by Crippen LogP contribution is 2.47. The zero-order valence-corrected chi connectivity index (χ0v) is 17.5. The number of aryl methyl sites for hydroxylation is 2. The first-order valence-electron chi connectivity index (χ1n) is 10.1. The summed E-state index contributed by atoms with van der Waals surface area (Å²) in [6.07, 6.45) is 6.54. The summed E-state index contributed by atoms with van der Waals surface area (Å²) in [5.74, 6) is 2.73. The molecule has 4 rings (SSSR count). The summed E-state index contributed by atoms with van der Waals surface area (Å²) in [6.45, 7) is 5.50. The van der Waals surface area contributed by atoms with E-state index >= 15 is 0 Å². The van der Waals surface area contributed by atoms with E-state index in [4.69, 9.17) is 14.2 Å². The van der Waals surface area contributed by atoms with Crippen molar-refractivity contribution in [2.45, 2.75) is 26.2 Å². The molecule has 2 atom stereocenters. The van der Waals surface area contributed by atoms with Crippen LogP contribution in [0, 0.1) is 19.8 Å². The summed E-state index contributed by atoms with van der Waals surface area (Å²) in [7, 11) is 1.64. The van der Waals surface area contributed by atoms with E-state index in [1.165, 1.54) is 5.56 Å². The third-order valence-electron chi connectivity index (χ3n) is 5.13. The molecule has 1 aliphatic rings. The number of hydrogen-bond acceptors (Lipinski definition) is 7. The molecule has 7 heteroatoms. The minimum Gasteiger partial charge on any atom is -0.477 e. The fourth-order valence-corrected chi connectivity index (χ4v) is 3.29. The van der Waals surface area contributed by atoms with Crippen LogP contribution in [0.25, 0.3) is 11.1 Å². The molecule has 1 saturated carbocycles. The molecule has 1 fully saturated rings. The second-order valence-corrected chi connectivity index (χ2v) is 7.54. The van der Waals surface area contributed by atoms with Crippen molar-refractivity contribution in [2.75, 3.05) is 26.9 Å². The molecule has 0 spiro atoms. The fourth-order valence-electron chi connectivity index (χ4n) is 3.29. The summed E-state index contributed by atoms with van der Waals surface area (Å²) < 4.78 is 16.6. The Hall–Kier alpha value is -3.06. The molecule has 0 saturated heterocycles. The van der Waals surface area contributed by atoms with Crippen LogP contribution in [0.1, 0.15) is 29.4 Å². The lowest BCUT2D eigenvalue weighted by Crippen LogP contribution is -2.06. The van der Waals surface area contributed by atoms with Gasteiger partial charge in [-0.3, -0.25) is 4.98 Å². The summed E-state index contributed by atoms with van der Waals surface area (Å²) in [5.41, 5.74) is 4.03. The van der Waals surface area contributed by atoms with Crippen molar-refractivity contribution in [2.24, 2.45) is 5.92 Å². The summed E-state index contributed by atoms with van der Waals surface area (Å²) >= 11 is 0. The van der Waals surface area contributed by atoms with Crippen molar-refractivity contribution in [1.29, 1.82) is 0 Å². The van der Waals surface area contributed by atoms with Crippen LogP contribution in [-0.2, 0) is 4.74 Å². The van der Waals surface area contributed by atoms with Gasteiger partial charge in [0.05, 0.1) is 18.8 Å². The zero-order chi connectivity index (χ0) is 20.9. The highest BCUT2D eigenvalue weighted by Gasteiger charge is 2.40. The number of pyridine rings is 2. The SMILES string of the molecule is COCCOc1ccc(-c2cnc(C)nc2OCC2CC2c2ccc(C)cn2)cn1. The zero-order valence-electron chi connectivity index (χ0n) is 17.5. The average Bonchev–Trinajstić information content (AvgIpc) is 3.53. The second-order valence-electron chi connectivity index (χ2n) is 7.54. The summed E-state index contributed by atoms with van der Waals surface area (Å²) in [4.78, 5) is 17.8. The van der Waals surface area contributed by atoms with Crippen molar-refractivity contribution < 1.29 is 14.2 Å². The number of hydrogen-bond donors (Lipinski definition) is 0. The third-order valence-corrected chi connectivity index (χ3v) is 5.13. The number of ether oxygens (including phenoxy) is 3. The topological polar surface area (TPSA) is 79.2 Å². The molecular weight excluding hydrogens is 380 g/mol. The van der Waals surface area contributed by atoms with Gasteiger partial charge in [0.1, 0.15) is 12.4 Å². The molecule has 2 unspecified atom stereocenters. The Balaban J connectivity index is 1.42. The maximum atomic E-state index is 6.13. The van der Waals surface area contributed by atoms with Crippen LogP contribution in [-0.4, -0.2) is 46.9 Å². The molecule has 7 nitrogen and oxygen atoms in total. The maximum absolute atomic E-state index is 6.13. The molecular formula is C23H26N4O3. The van der Waals surface area contributed by atoms with E-state index in [0.717, 1.165) is 23.2 Å². The Morgan fingerprint density at radius 1 is 0.933 bits per heavy atom. The van der Waals surface area contributed by atoms with Gasteiger partial charge in [-0.15, -0.1) is 0 Å². The fraction of sp³-hybridized carbons (Fsp3) is 0.391. The number of rotatable bonds is 9. The monoisotopic (exact) mass is 406 g/mol. The van der Waals surface area contributed by atoms with Crippen molar-refractivity contribution >= 4 is 0 Å². The van der Waals surface area contributed by atoms with Crippen molar-refractivity contribution in [3.8, 4) is 22.9 Å². The summed E-state index contributed by atoms with van der Waals surface area (Å²) in [6, 6.07) is 7.99. The van der Waals surface area contributed by atoms with E-state index in [0.29, 0.717) is 49.2 Å². The molecule has 0 radical (unpaired) electrons. The van der Waals surface area contributed by atoms with Gasteiger partial charge in [0.15, 0.2) is 0 Å². The van der Waals surface area contributed by atoms with Crippen LogP contribution < -0.4 is 9.47 Å². The maximum Gasteiger partial charge on any atom is 0.224 e. The quantitative estimate of drug-likeness (QED) is 0.501. The van der Waals surface area contributed by atoms with Crippen LogP contribution in [0.15, 0.2) is 42.9 Å². The van der Waals surface area contributed by atoms with Crippen LogP contribution in [0.4, 0.5) is 0 Å². The van der Waals surface area contributed by atoms with E-state index < -0.39 is 0 Å². The van der Waals surface area contributed by atoms with Gasteiger partial charge in [-0.05, 0) is 38.0 Å². The Morgan fingerprint density at radius 2 is 1.83 bits per heavy atom. The first-order chi connectivity index (χ1) is 14.6. The smallest absolute Gasteiger partial charge is 0.224 e. The largest absolute Gasteiger partial charge is 0.477 e. The third kappa shape index (κ3) is 4.91. The molecule has 0 bridgehead atoms. The van der Waals surface area contributed by atoms with Crippen molar-refractivity contribution in [3.63, 3.8) is 0 Å². The molecule has 1 aliphatic carbocycles. The molecule has 0 aliphatic heterocycles. The van der Waals surface area contributed by atoms with Crippen molar-refractivity contribution in [3.05, 3.63) is 59.9 Å². The highest BCUT2D eigenvalue weighted by atomic mass is 16.5. The molecule has 0 amide bonds. The van der Waals surface area contributed by atoms with Crippen LogP contribution in [0.3, 0.4) is 0 Å². The lowest BCUT2D eigenvalue weighted by molar-refractivity contribution is 0.144. The lowest BCUT2D eigenvalue weighted by Gasteiger charge is -2.11. The van der Waals surface area contributed by atoms with Gasteiger partial charge in [-0.25, -0.2) is 9.97 Å². The Bertz CT molecular complexity index is 977. The molecule has 156 valence electrons. The van der Waals surface area contributed by atoms with Gasteiger partial charge in [-0.1, -0.05) is 6.07 Å². The summed E-state index contributed by atoms with van der Waals surface area (Å²) in [5, 5.41) is 0. The molecule has 3 aromatic heterocycles. The van der Waals surface area contributed by atoms with Gasteiger partial charge in [-0.2, -0.15) is 4.98 Å². The first kappa shape index (κ1) is 20.2. The number of aromatic nitrogens is 4. The minimum absolute atomic E-state index is 0.456. The van der Waals surface area contributed by atoms with Gasteiger partial charge in [0.2, 0.25) is 11.8 Å². The Labute approximate surface area is 176 Å². The van der Waals surface area contributed by atoms with Crippen LogP contribution in [0.2, 0.25) is 0 Å². The van der Waals surface area contributed by atoms with E-state index in [9.17, 15) is 0 Å². The molecule has 0 N–H and O–H groups in total. The lowest BCUT2D eigenvalue weighted by atomic mass is 10.1. The Morgan fingerprint density at radius 3 is 2.57 bits per heavy atom. The standard InChI is InChI=1S/C23H26N4O3/c1-15-4-6-21(25-11-15)19-10-18(19)14-30-23-20(13-24-16(2)27-23)17-5-7-22(26-12-17)29-9-8-28-3/h4-7,11-13,18-19H,8-10,14H2,1-3H3. The molecule has 3 heterocycles. The predicted octanol–water partition coefficient (Wildman–Crippen LogP) is 3.76. The Kier molecular flexibility index (Phi) is 6.18. The first-order valence-corrected chi connectivity index (χ1v) is 10.1. The van der Waals surface area contributed by atoms with Gasteiger partial charge < -0.3 is 14.2 Å². The average molecular weight is 406 g/mol.